The highest BCUT2D eigenvalue weighted by molar-refractivity contribution is 6.30. The summed E-state index contributed by atoms with van der Waals surface area (Å²) in [6, 6.07) is 35.3. The van der Waals surface area contributed by atoms with E-state index in [9.17, 15) is 14.7 Å². The highest BCUT2D eigenvalue weighted by Gasteiger charge is 2.22. The highest BCUT2D eigenvalue weighted by Crippen LogP contribution is 2.41. The van der Waals surface area contributed by atoms with Gasteiger partial charge in [0, 0.05) is 22.5 Å². The van der Waals surface area contributed by atoms with E-state index in [0.29, 0.717) is 33.7 Å². The second-order valence-electron chi connectivity index (χ2n) is 10.1. The van der Waals surface area contributed by atoms with Crippen LogP contribution in [0.2, 0.25) is 5.02 Å². The Morgan fingerprint density at radius 1 is 0.762 bits per heavy atom. The van der Waals surface area contributed by atoms with Gasteiger partial charge in [0.15, 0.2) is 6.61 Å². The van der Waals surface area contributed by atoms with E-state index in [1.54, 1.807) is 24.3 Å². The molecule has 0 aliphatic rings. The van der Waals surface area contributed by atoms with E-state index in [1.807, 2.05) is 60.7 Å². The lowest BCUT2D eigenvalue weighted by atomic mass is 9.99. The van der Waals surface area contributed by atoms with Gasteiger partial charge in [0.25, 0.3) is 0 Å². The van der Waals surface area contributed by atoms with Crippen molar-refractivity contribution in [3.63, 3.8) is 0 Å². The van der Waals surface area contributed by atoms with Crippen LogP contribution in [-0.2, 0) is 17.8 Å². The highest BCUT2D eigenvalue weighted by atomic mass is 35.5. The van der Waals surface area contributed by atoms with Crippen molar-refractivity contribution in [3.8, 4) is 16.9 Å². The number of nitrogens with zero attached hydrogens (tertiary/aromatic N) is 1. The molecule has 7 heteroatoms. The number of carbonyl (C=O) groups is 2. The molecule has 0 radical (unpaired) electrons. The Bertz CT molecular complexity index is 1950. The van der Waals surface area contributed by atoms with Gasteiger partial charge in [-0.3, -0.25) is 4.79 Å². The minimum atomic E-state index is -1.10. The fraction of sp³-hybridized carbons (Fsp3) is 0.0857. The first-order valence-electron chi connectivity index (χ1n) is 13.5. The van der Waals surface area contributed by atoms with Crippen molar-refractivity contribution in [2.75, 3.05) is 6.61 Å². The minimum absolute atomic E-state index is 0.341. The van der Waals surface area contributed by atoms with E-state index in [2.05, 4.69) is 28.8 Å². The summed E-state index contributed by atoms with van der Waals surface area (Å²) in [7, 11) is 0. The molecule has 0 spiro atoms. The van der Waals surface area contributed by atoms with Gasteiger partial charge in [0.1, 0.15) is 5.75 Å². The van der Waals surface area contributed by atoms with Crippen LogP contribution in [0.3, 0.4) is 0 Å². The quantitative estimate of drug-likeness (QED) is 0.189. The third-order valence-corrected chi connectivity index (χ3v) is 7.69. The first-order valence-corrected chi connectivity index (χ1v) is 13.9. The number of ether oxygens (including phenoxy) is 1. The van der Waals surface area contributed by atoms with E-state index >= 15 is 0 Å². The summed E-state index contributed by atoms with van der Waals surface area (Å²) in [5, 5.41) is 11.3. The van der Waals surface area contributed by atoms with Crippen molar-refractivity contribution >= 4 is 45.3 Å². The fourth-order valence-corrected chi connectivity index (χ4v) is 5.66. The van der Waals surface area contributed by atoms with Gasteiger partial charge < -0.3 is 20.1 Å². The van der Waals surface area contributed by atoms with Crippen LogP contribution in [0.5, 0.6) is 5.75 Å². The van der Waals surface area contributed by atoms with Gasteiger partial charge in [-0.15, -0.1) is 0 Å². The molecule has 0 bridgehead atoms. The topological polar surface area (TPSA) is 94.6 Å². The molecule has 0 atom stereocenters. The summed E-state index contributed by atoms with van der Waals surface area (Å²) in [5.41, 5.74) is 13.0. The molecule has 0 aliphatic carbocycles. The number of aliphatic carboxylic acids is 1. The standard InChI is InChI=1S/C35H27ClN2O4/c36-27-15-13-23(14-16-27)26-18-30-34(31(19-26)42-21-32(39)40)33-28(35(37)41)11-6-12-29(33)38(30)20-25-10-5-4-9-24(25)17-22-7-2-1-3-8-22/h1-16,18-19H,17,20-21H2,(H2,37,41)(H,39,40). The lowest BCUT2D eigenvalue weighted by Gasteiger charge is -2.14. The number of hydrogen-bond acceptors (Lipinski definition) is 3. The zero-order valence-electron chi connectivity index (χ0n) is 22.6. The van der Waals surface area contributed by atoms with E-state index in [0.717, 1.165) is 34.1 Å². The average Bonchev–Trinajstić information content (AvgIpc) is 3.31. The van der Waals surface area contributed by atoms with Gasteiger partial charge in [0.2, 0.25) is 5.91 Å². The Labute approximate surface area is 247 Å². The van der Waals surface area contributed by atoms with Crippen molar-refractivity contribution < 1.29 is 19.4 Å². The van der Waals surface area contributed by atoms with E-state index in [-0.39, 0.29) is 0 Å². The number of nitrogens with two attached hydrogens (primary N) is 1. The minimum Gasteiger partial charge on any atom is -0.481 e. The fourth-order valence-electron chi connectivity index (χ4n) is 5.53. The number of hydrogen-bond donors (Lipinski definition) is 2. The Kier molecular flexibility index (Phi) is 7.38. The molecule has 6 nitrogen and oxygen atoms in total. The summed E-state index contributed by atoms with van der Waals surface area (Å²) < 4.78 is 8.03. The molecule has 42 heavy (non-hydrogen) atoms. The predicted molar refractivity (Wildman–Crippen MR) is 166 cm³/mol. The maximum Gasteiger partial charge on any atom is 0.341 e. The van der Waals surface area contributed by atoms with E-state index in [1.165, 1.54) is 11.1 Å². The van der Waals surface area contributed by atoms with Crippen LogP contribution in [0.1, 0.15) is 27.0 Å². The Morgan fingerprint density at radius 3 is 2.19 bits per heavy atom. The summed E-state index contributed by atoms with van der Waals surface area (Å²) in [6.07, 6.45) is 0.768. The number of benzene rings is 5. The predicted octanol–water partition coefficient (Wildman–Crippen LogP) is 7.32. The number of amides is 1. The molecular weight excluding hydrogens is 548 g/mol. The third kappa shape index (κ3) is 5.32. The van der Waals surface area contributed by atoms with Crippen LogP contribution in [0.15, 0.2) is 109 Å². The molecule has 0 unspecified atom stereocenters. The van der Waals surface area contributed by atoms with Crippen molar-refractivity contribution in [1.29, 1.82) is 0 Å². The number of carboxylic acid groups (broad SMARTS) is 1. The second-order valence-corrected chi connectivity index (χ2v) is 10.6. The van der Waals surface area contributed by atoms with Gasteiger partial charge in [0.05, 0.1) is 16.4 Å². The number of fused-ring (bicyclic) bond motifs is 3. The van der Waals surface area contributed by atoms with Crippen molar-refractivity contribution in [3.05, 3.63) is 136 Å². The molecule has 6 aromatic rings. The molecule has 1 amide bonds. The van der Waals surface area contributed by atoms with Crippen LogP contribution in [0.25, 0.3) is 32.9 Å². The largest absolute Gasteiger partial charge is 0.481 e. The average molecular weight is 575 g/mol. The number of rotatable bonds is 9. The van der Waals surface area contributed by atoms with Gasteiger partial charge in [-0.1, -0.05) is 84.4 Å². The van der Waals surface area contributed by atoms with Crippen molar-refractivity contribution in [2.45, 2.75) is 13.0 Å². The first kappa shape index (κ1) is 27.1. The van der Waals surface area contributed by atoms with Crippen LogP contribution >= 0.6 is 11.6 Å². The van der Waals surface area contributed by atoms with Gasteiger partial charge in [-0.05, 0) is 70.6 Å². The summed E-state index contributed by atoms with van der Waals surface area (Å²) in [4.78, 5) is 24.2. The van der Waals surface area contributed by atoms with Crippen LogP contribution in [0, 0.1) is 0 Å². The monoisotopic (exact) mass is 574 g/mol. The molecule has 0 aliphatic heterocycles. The van der Waals surface area contributed by atoms with Crippen molar-refractivity contribution in [2.24, 2.45) is 5.73 Å². The molecule has 6 rings (SSSR count). The Morgan fingerprint density at radius 2 is 1.48 bits per heavy atom. The van der Waals surface area contributed by atoms with Crippen molar-refractivity contribution in [1.82, 2.24) is 4.57 Å². The lowest BCUT2D eigenvalue weighted by Crippen LogP contribution is -2.11. The molecule has 208 valence electrons. The number of halogens is 1. The number of carbonyl (C=O) groups excluding carboxylic acids is 1. The van der Waals surface area contributed by atoms with Gasteiger partial charge in [-0.2, -0.15) is 0 Å². The molecular formula is C35H27ClN2O4. The second kappa shape index (κ2) is 11.4. The first-order chi connectivity index (χ1) is 20.4. The molecule has 1 aromatic heterocycles. The zero-order valence-corrected chi connectivity index (χ0v) is 23.3. The number of primary amides is 1. The smallest absolute Gasteiger partial charge is 0.341 e. The SMILES string of the molecule is NC(=O)c1cccc2c1c1c(OCC(=O)O)cc(-c3ccc(Cl)cc3)cc1n2Cc1ccccc1Cc1ccccc1. The number of aromatic nitrogens is 1. The van der Waals surface area contributed by atoms with Gasteiger partial charge in [-0.25, -0.2) is 4.79 Å². The maximum atomic E-state index is 12.6. The molecule has 0 fully saturated rings. The van der Waals surface area contributed by atoms with Crippen LogP contribution < -0.4 is 10.5 Å². The van der Waals surface area contributed by atoms with Crippen LogP contribution in [0.4, 0.5) is 0 Å². The third-order valence-electron chi connectivity index (χ3n) is 7.43. The van der Waals surface area contributed by atoms with Gasteiger partial charge >= 0.3 is 5.97 Å². The molecule has 3 N–H and O–H groups in total. The van der Waals surface area contributed by atoms with E-state index in [4.69, 9.17) is 22.1 Å². The normalized spacial score (nSPS) is 11.2. The zero-order chi connectivity index (χ0) is 29.2. The molecule has 5 aromatic carbocycles. The Balaban J connectivity index is 1.61. The summed E-state index contributed by atoms with van der Waals surface area (Å²) in [5.74, 6) is -1.32. The van der Waals surface area contributed by atoms with Crippen LogP contribution in [-0.4, -0.2) is 28.2 Å². The van der Waals surface area contributed by atoms with E-state index < -0.39 is 18.5 Å². The molecule has 0 saturated carbocycles. The maximum absolute atomic E-state index is 12.6. The summed E-state index contributed by atoms with van der Waals surface area (Å²) >= 11 is 6.16. The number of carboxylic acids is 1. The Hall–Kier alpha value is -5.07. The summed E-state index contributed by atoms with van der Waals surface area (Å²) in [6.45, 7) is -0.0296. The molecule has 0 saturated heterocycles. The lowest BCUT2D eigenvalue weighted by molar-refractivity contribution is -0.139. The molecule has 1 heterocycles.